The number of nitrogens with zero attached hydrogens (tertiary/aromatic N) is 1. The van der Waals surface area contributed by atoms with Gasteiger partial charge >= 0.3 is 0 Å². The third kappa shape index (κ3) is 11.4. The summed E-state index contributed by atoms with van der Waals surface area (Å²) >= 11 is 1.66. The molecule has 0 amide bonds. The standard InChI is InChI=1S/C4H10N2S.C2H6/c1-3-7-4(2)6-5;1-2/h3,5H2,1-2H3;1-2H3/b6-4-;. The number of thioether (sulfide) groups is 1. The lowest BCUT2D eigenvalue weighted by atomic mass is 10.9. The van der Waals surface area contributed by atoms with Gasteiger partial charge in [0, 0.05) is 0 Å². The van der Waals surface area contributed by atoms with E-state index in [1.54, 1.807) is 11.8 Å². The molecule has 0 aromatic heterocycles. The molecule has 0 saturated heterocycles. The Kier molecular flexibility index (Phi) is 13.8. The van der Waals surface area contributed by atoms with Crippen LogP contribution in [0.5, 0.6) is 0 Å². The topological polar surface area (TPSA) is 38.4 Å². The molecule has 56 valence electrons. The van der Waals surface area contributed by atoms with Crippen LogP contribution in [0.4, 0.5) is 0 Å². The molecular weight excluding hydrogens is 132 g/mol. The average molecular weight is 148 g/mol. The van der Waals surface area contributed by atoms with Crippen LogP contribution in [0, 0.1) is 0 Å². The van der Waals surface area contributed by atoms with Gasteiger partial charge in [-0.05, 0) is 12.7 Å². The maximum absolute atomic E-state index is 4.93. The largest absolute Gasteiger partial charge is 0.323 e. The summed E-state index contributed by atoms with van der Waals surface area (Å²) in [4.78, 5) is 0. The van der Waals surface area contributed by atoms with Gasteiger partial charge in [0.05, 0.1) is 5.04 Å². The third-order valence-corrected chi connectivity index (χ3v) is 1.35. The molecule has 0 spiro atoms. The lowest BCUT2D eigenvalue weighted by molar-refractivity contribution is 1.25. The lowest BCUT2D eigenvalue weighted by Crippen LogP contribution is -1.89. The molecule has 9 heavy (non-hydrogen) atoms. The summed E-state index contributed by atoms with van der Waals surface area (Å²) < 4.78 is 0. The Hall–Kier alpha value is -0.180. The second kappa shape index (κ2) is 10.7. The zero-order valence-corrected chi connectivity index (χ0v) is 7.46. The smallest absolute Gasteiger partial charge is 0.0897 e. The number of nitrogens with two attached hydrogens (primary N) is 1. The highest BCUT2D eigenvalue weighted by Gasteiger charge is 1.83. The van der Waals surface area contributed by atoms with Crippen LogP contribution in [0.3, 0.4) is 0 Å². The van der Waals surface area contributed by atoms with Gasteiger partial charge in [0.1, 0.15) is 0 Å². The van der Waals surface area contributed by atoms with Crippen molar-refractivity contribution in [2.45, 2.75) is 27.7 Å². The molecule has 0 aliphatic heterocycles. The van der Waals surface area contributed by atoms with Crippen LogP contribution in [-0.4, -0.2) is 10.8 Å². The van der Waals surface area contributed by atoms with Crippen molar-refractivity contribution in [2.75, 3.05) is 5.75 Å². The predicted molar refractivity (Wildman–Crippen MR) is 46.8 cm³/mol. The van der Waals surface area contributed by atoms with Gasteiger partial charge in [-0.2, -0.15) is 5.10 Å². The second-order valence-corrected chi connectivity index (χ2v) is 2.54. The van der Waals surface area contributed by atoms with E-state index in [1.807, 2.05) is 20.8 Å². The van der Waals surface area contributed by atoms with Gasteiger partial charge in [0.15, 0.2) is 0 Å². The van der Waals surface area contributed by atoms with Crippen LogP contribution in [-0.2, 0) is 0 Å². The molecule has 0 rings (SSSR count). The molecule has 0 fully saturated rings. The monoisotopic (exact) mass is 148 g/mol. The summed E-state index contributed by atoms with van der Waals surface area (Å²) in [5.41, 5.74) is 0. The summed E-state index contributed by atoms with van der Waals surface area (Å²) in [6, 6.07) is 0. The van der Waals surface area contributed by atoms with Crippen molar-refractivity contribution in [1.29, 1.82) is 0 Å². The number of hydrazone groups is 1. The highest BCUT2D eigenvalue weighted by atomic mass is 32.2. The first-order valence-corrected chi connectivity index (χ1v) is 4.17. The summed E-state index contributed by atoms with van der Waals surface area (Å²) in [7, 11) is 0. The van der Waals surface area contributed by atoms with Crippen molar-refractivity contribution in [2.24, 2.45) is 10.9 Å². The van der Waals surface area contributed by atoms with E-state index < -0.39 is 0 Å². The molecule has 0 radical (unpaired) electrons. The molecule has 2 N–H and O–H groups in total. The molecule has 0 saturated carbocycles. The Morgan fingerprint density at radius 2 is 2.00 bits per heavy atom. The minimum atomic E-state index is 0.947. The van der Waals surface area contributed by atoms with E-state index in [4.69, 9.17) is 5.84 Å². The first kappa shape index (κ1) is 11.6. The van der Waals surface area contributed by atoms with Gasteiger partial charge in [-0.15, -0.1) is 11.8 Å². The van der Waals surface area contributed by atoms with E-state index in [0.717, 1.165) is 10.8 Å². The van der Waals surface area contributed by atoms with Gasteiger partial charge in [-0.1, -0.05) is 20.8 Å². The molecule has 2 nitrogen and oxygen atoms in total. The molecule has 0 aliphatic rings. The third-order valence-electron chi connectivity index (χ3n) is 0.535. The van der Waals surface area contributed by atoms with Crippen LogP contribution in [0.2, 0.25) is 0 Å². The quantitative estimate of drug-likeness (QED) is 0.267. The molecule has 0 atom stereocenters. The molecule has 0 heterocycles. The molecule has 0 aromatic rings. The van der Waals surface area contributed by atoms with E-state index in [2.05, 4.69) is 12.0 Å². The highest BCUT2D eigenvalue weighted by molar-refractivity contribution is 8.13. The molecule has 0 unspecified atom stereocenters. The van der Waals surface area contributed by atoms with Crippen LogP contribution in [0.25, 0.3) is 0 Å². The van der Waals surface area contributed by atoms with Crippen LogP contribution in [0.15, 0.2) is 5.10 Å². The number of rotatable bonds is 1. The first-order valence-electron chi connectivity index (χ1n) is 3.18. The maximum atomic E-state index is 4.93. The molecular formula is C6H16N2S. The normalized spacial score (nSPS) is 10.0. The van der Waals surface area contributed by atoms with Gasteiger partial charge in [0.25, 0.3) is 0 Å². The van der Waals surface area contributed by atoms with Gasteiger partial charge in [-0.3, -0.25) is 0 Å². The van der Waals surface area contributed by atoms with Crippen molar-refractivity contribution in [3.05, 3.63) is 0 Å². The SMILES string of the molecule is CC.CCS/C(C)=N\N. The van der Waals surface area contributed by atoms with E-state index in [1.165, 1.54) is 0 Å². The number of hydrogen-bond acceptors (Lipinski definition) is 3. The minimum Gasteiger partial charge on any atom is -0.323 e. The summed E-state index contributed by atoms with van der Waals surface area (Å²) in [5, 5.41) is 4.40. The summed E-state index contributed by atoms with van der Waals surface area (Å²) in [6.07, 6.45) is 0. The summed E-state index contributed by atoms with van der Waals surface area (Å²) in [6.45, 7) is 7.97. The lowest BCUT2D eigenvalue weighted by Gasteiger charge is -1.89. The van der Waals surface area contributed by atoms with E-state index in [-0.39, 0.29) is 0 Å². The Morgan fingerprint density at radius 1 is 1.56 bits per heavy atom. The van der Waals surface area contributed by atoms with E-state index in [0.29, 0.717) is 0 Å². The average Bonchev–Trinajstić information content (AvgIpc) is 1.93. The Bertz CT molecular complexity index is 71.5. The summed E-state index contributed by atoms with van der Waals surface area (Å²) in [5.74, 6) is 5.97. The predicted octanol–water partition coefficient (Wildman–Crippen LogP) is 2.06. The first-order chi connectivity index (χ1) is 4.31. The fraction of sp³-hybridized carbons (Fsp3) is 0.833. The van der Waals surface area contributed by atoms with Crippen LogP contribution in [0.1, 0.15) is 27.7 Å². The van der Waals surface area contributed by atoms with Crippen molar-refractivity contribution in [3.63, 3.8) is 0 Å². The maximum Gasteiger partial charge on any atom is 0.0897 e. The molecule has 0 aliphatic carbocycles. The highest BCUT2D eigenvalue weighted by Crippen LogP contribution is 1.99. The van der Waals surface area contributed by atoms with Crippen molar-refractivity contribution < 1.29 is 0 Å². The Morgan fingerprint density at radius 3 is 2.11 bits per heavy atom. The van der Waals surface area contributed by atoms with Crippen molar-refractivity contribution >= 4 is 16.8 Å². The van der Waals surface area contributed by atoms with Gasteiger partial charge in [-0.25, -0.2) is 0 Å². The van der Waals surface area contributed by atoms with Crippen LogP contribution < -0.4 is 5.84 Å². The van der Waals surface area contributed by atoms with E-state index in [9.17, 15) is 0 Å². The van der Waals surface area contributed by atoms with Crippen LogP contribution >= 0.6 is 11.8 Å². The van der Waals surface area contributed by atoms with Gasteiger partial charge in [0.2, 0.25) is 0 Å². The van der Waals surface area contributed by atoms with E-state index >= 15 is 0 Å². The van der Waals surface area contributed by atoms with Gasteiger partial charge < -0.3 is 5.84 Å². The molecule has 0 aromatic carbocycles. The Labute approximate surface area is 61.9 Å². The molecule has 0 bridgehead atoms. The minimum absolute atomic E-state index is 0.947. The Balaban J connectivity index is 0. The molecule has 3 heteroatoms. The zero-order chi connectivity index (χ0) is 7.70. The van der Waals surface area contributed by atoms with Crippen molar-refractivity contribution in [3.8, 4) is 0 Å². The number of hydrogen-bond donors (Lipinski definition) is 1. The fourth-order valence-corrected chi connectivity index (χ4v) is 0.738. The fourth-order valence-electron chi connectivity index (χ4n) is 0.246. The van der Waals surface area contributed by atoms with Crippen molar-refractivity contribution in [1.82, 2.24) is 0 Å². The second-order valence-electron chi connectivity index (χ2n) is 1.08. The zero-order valence-electron chi connectivity index (χ0n) is 6.64.